The third-order valence-corrected chi connectivity index (χ3v) is 3.07. The summed E-state index contributed by atoms with van der Waals surface area (Å²) >= 11 is 3.29. The lowest BCUT2D eigenvalue weighted by Gasteiger charge is -2.17. The van der Waals surface area contributed by atoms with Crippen LogP contribution in [0.1, 0.15) is 38.9 Å². The molecular weight excluding hydrogens is 270 g/mol. The van der Waals surface area contributed by atoms with Crippen LogP contribution in [0.4, 0.5) is 0 Å². The Balaban J connectivity index is 2.03. The van der Waals surface area contributed by atoms with Crippen molar-refractivity contribution < 1.29 is 5.11 Å². The topological polar surface area (TPSA) is 50.9 Å². The van der Waals surface area contributed by atoms with Crippen LogP contribution in [0.25, 0.3) is 0 Å². The fourth-order valence-corrected chi connectivity index (χ4v) is 2.16. The predicted molar refractivity (Wildman–Crippen MR) is 65.1 cm³/mol. The molecule has 0 aromatic carbocycles. The molecule has 0 radical (unpaired) electrons. The lowest BCUT2D eigenvalue weighted by atomic mass is 10.1. The zero-order valence-electron chi connectivity index (χ0n) is 9.78. The second kappa shape index (κ2) is 4.45. The van der Waals surface area contributed by atoms with Gasteiger partial charge in [-0.3, -0.25) is 0 Å². The average molecular weight is 288 g/mol. The second-order valence-electron chi connectivity index (χ2n) is 5.25. The van der Waals surface area contributed by atoms with E-state index in [0.29, 0.717) is 11.3 Å². The molecule has 0 bridgehead atoms. The van der Waals surface area contributed by atoms with Gasteiger partial charge in [-0.2, -0.15) is 0 Å². The Morgan fingerprint density at radius 2 is 2.19 bits per heavy atom. The fraction of sp³-hybridized carbons (Fsp3) is 0.818. The normalized spacial score (nSPS) is 16.8. The number of aliphatic hydroxyl groups is 1. The van der Waals surface area contributed by atoms with E-state index in [2.05, 4.69) is 26.0 Å². The molecule has 1 saturated carbocycles. The Kier molecular flexibility index (Phi) is 3.35. The van der Waals surface area contributed by atoms with Gasteiger partial charge >= 0.3 is 0 Å². The molecule has 1 N–H and O–H groups in total. The van der Waals surface area contributed by atoms with Crippen LogP contribution in [0.2, 0.25) is 0 Å². The molecule has 2 rings (SSSR count). The van der Waals surface area contributed by atoms with Crippen molar-refractivity contribution in [3.05, 3.63) is 10.6 Å². The molecule has 1 aromatic heterocycles. The van der Waals surface area contributed by atoms with Gasteiger partial charge in [-0.05, 0) is 42.1 Å². The Labute approximate surface area is 104 Å². The Morgan fingerprint density at radius 3 is 2.75 bits per heavy atom. The molecule has 0 atom stereocenters. The average Bonchev–Trinajstić information content (AvgIpc) is 2.87. The van der Waals surface area contributed by atoms with Crippen molar-refractivity contribution in [3.8, 4) is 0 Å². The van der Waals surface area contributed by atoms with E-state index in [-0.39, 0.29) is 0 Å². The van der Waals surface area contributed by atoms with E-state index in [0.717, 1.165) is 18.2 Å². The van der Waals surface area contributed by atoms with E-state index in [1.165, 1.54) is 19.3 Å². The van der Waals surface area contributed by atoms with Crippen molar-refractivity contribution in [1.82, 2.24) is 14.8 Å². The summed E-state index contributed by atoms with van der Waals surface area (Å²) < 4.78 is 2.43. The second-order valence-corrected chi connectivity index (χ2v) is 5.96. The molecule has 1 aromatic rings. The van der Waals surface area contributed by atoms with Crippen LogP contribution in [-0.4, -0.2) is 25.5 Å². The van der Waals surface area contributed by atoms with Gasteiger partial charge in [0.2, 0.25) is 4.73 Å². The molecule has 1 aliphatic carbocycles. The minimum Gasteiger partial charge on any atom is -0.389 e. The van der Waals surface area contributed by atoms with Gasteiger partial charge in [0.05, 0.1) is 12.1 Å². The molecule has 1 heterocycles. The number of hydrogen-bond acceptors (Lipinski definition) is 3. The largest absolute Gasteiger partial charge is 0.389 e. The first kappa shape index (κ1) is 12.0. The maximum Gasteiger partial charge on any atom is 0.217 e. The summed E-state index contributed by atoms with van der Waals surface area (Å²) in [5.41, 5.74) is -0.749. The molecular formula is C11H18BrN3O. The minimum absolute atomic E-state index is 0.492. The quantitative estimate of drug-likeness (QED) is 0.903. The third-order valence-electron chi connectivity index (χ3n) is 2.73. The number of halogens is 1. The molecule has 0 saturated heterocycles. The summed E-state index contributed by atoms with van der Waals surface area (Å²) in [4.78, 5) is 4.35. The van der Waals surface area contributed by atoms with Gasteiger partial charge in [-0.1, -0.05) is 12.8 Å². The van der Waals surface area contributed by atoms with Gasteiger partial charge in [0.25, 0.3) is 0 Å². The first-order valence-corrected chi connectivity index (χ1v) is 6.55. The maximum absolute atomic E-state index is 9.79. The van der Waals surface area contributed by atoms with Crippen LogP contribution in [0.5, 0.6) is 0 Å². The number of hydrogen-bond donors (Lipinski definition) is 1. The monoisotopic (exact) mass is 287 g/mol. The predicted octanol–water partition coefficient (Wildman–Crippen LogP) is 2.15. The standard InChI is InChI=1S/C11H18BrN3O/c1-11(2,16)7-15-9(13-10(12)14-15)6-5-8-3-4-8/h8,16H,3-7H2,1-2H3. The van der Waals surface area contributed by atoms with Crippen LogP contribution < -0.4 is 0 Å². The van der Waals surface area contributed by atoms with Crippen LogP contribution >= 0.6 is 15.9 Å². The first-order valence-electron chi connectivity index (χ1n) is 5.76. The molecule has 0 aliphatic heterocycles. The summed E-state index contributed by atoms with van der Waals surface area (Å²) in [5, 5.41) is 14.0. The highest BCUT2D eigenvalue weighted by atomic mass is 79.9. The highest BCUT2D eigenvalue weighted by Gasteiger charge is 2.23. The molecule has 4 nitrogen and oxygen atoms in total. The van der Waals surface area contributed by atoms with E-state index in [1.54, 1.807) is 13.8 Å². The van der Waals surface area contributed by atoms with E-state index < -0.39 is 5.60 Å². The summed E-state index contributed by atoms with van der Waals surface area (Å²) in [6.45, 7) is 4.06. The number of rotatable bonds is 5. The molecule has 0 unspecified atom stereocenters. The van der Waals surface area contributed by atoms with E-state index in [1.807, 2.05) is 4.68 Å². The molecule has 1 aliphatic rings. The van der Waals surface area contributed by atoms with Crippen molar-refractivity contribution in [2.45, 2.75) is 51.7 Å². The number of nitrogens with zero attached hydrogens (tertiary/aromatic N) is 3. The first-order chi connectivity index (χ1) is 7.44. The Hall–Kier alpha value is -0.420. The summed E-state index contributed by atoms with van der Waals surface area (Å²) in [6, 6.07) is 0. The highest BCUT2D eigenvalue weighted by Crippen LogP contribution is 2.33. The lowest BCUT2D eigenvalue weighted by Crippen LogP contribution is -2.27. The smallest absolute Gasteiger partial charge is 0.217 e. The van der Waals surface area contributed by atoms with Crippen LogP contribution in [0.3, 0.4) is 0 Å². The summed E-state index contributed by atoms with van der Waals surface area (Å²) in [5.74, 6) is 1.87. The van der Waals surface area contributed by atoms with Crippen LogP contribution in [0, 0.1) is 5.92 Å². The zero-order chi connectivity index (χ0) is 11.8. The van der Waals surface area contributed by atoms with Crippen molar-refractivity contribution in [2.75, 3.05) is 0 Å². The van der Waals surface area contributed by atoms with E-state index in [9.17, 15) is 5.11 Å². The third kappa shape index (κ3) is 3.56. The molecule has 0 spiro atoms. The van der Waals surface area contributed by atoms with Crippen LogP contribution in [0.15, 0.2) is 4.73 Å². The lowest BCUT2D eigenvalue weighted by molar-refractivity contribution is 0.0565. The summed E-state index contributed by atoms with van der Waals surface area (Å²) in [7, 11) is 0. The van der Waals surface area contributed by atoms with Gasteiger partial charge in [0.1, 0.15) is 5.82 Å². The van der Waals surface area contributed by atoms with Gasteiger partial charge in [0, 0.05) is 6.42 Å². The number of aryl methyl sites for hydroxylation is 1. The molecule has 0 amide bonds. The van der Waals surface area contributed by atoms with Crippen molar-refractivity contribution in [2.24, 2.45) is 5.92 Å². The Morgan fingerprint density at radius 1 is 1.50 bits per heavy atom. The van der Waals surface area contributed by atoms with Crippen molar-refractivity contribution >= 4 is 15.9 Å². The highest BCUT2D eigenvalue weighted by molar-refractivity contribution is 9.10. The van der Waals surface area contributed by atoms with Gasteiger partial charge in [0.15, 0.2) is 0 Å². The zero-order valence-corrected chi connectivity index (χ0v) is 11.4. The van der Waals surface area contributed by atoms with Crippen LogP contribution in [-0.2, 0) is 13.0 Å². The molecule has 5 heteroatoms. The minimum atomic E-state index is -0.749. The van der Waals surface area contributed by atoms with Gasteiger partial charge in [-0.25, -0.2) is 9.67 Å². The summed E-state index contributed by atoms with van der Waals surface area (Å²) in [6.07, 6.45) is 4.87. The SMILES string of the molecule is CC(C)(O)Cn1nc(Br)nc1CCC1CC1. The van der Waals surface area contributed by atoms with Crippen molar-refractivity contribution in [1.29, 1.82) is 0 Å². The molecule has 90 valence electrons. The fourth-order valence-electron chi connectivity index (χ4n) is 1.76. The maximum atomic E-state index is 9.79. The van der Waals surface area contributed by atoms with Gasteiger partial charge < -0.3 is 5.11 Å². The molecule has 1 fully saturated rings. The van der Waals surface area contributed by atoms with E-state index >= 15 is 0 Å². The number of aromatic nitrogens is 3. The van der Waals surface area contributed by atoms with Crippen molar-refractivity contribution in [3.63, 3.8) is 0 Å². The van der Waals surface area contributed by atoms with Gasteiger partial charge in [-0.15, -0.1) is 5.10 Å². The Bertz CT molecular complexity index is 366. The van der Waals surface area contributed by atoms with E-state index in [4.69, 9.17) is 0 Å². The molecule has 16 heavy (non-hydrogen) atoms.